The highest BCUT2D eigenvalue weighted by molar-refractivity contribution is 6.88. The molecule has 0 atom stereocenters. The number of pyridine rings is 1. The summed E-state index contributed by atoms with van der Waals surface area (Å²) in [6.07, 6.45) is 1.87. The first-order valence-corrected chi connectivity index (χ1v) is 23.3. The monoisotopic (exact) mass is 746 g/mol. The highest BCUT2D eigenvalue weighted by Crippen LogP contribution is 2.46. The topological polar surface area (TPSA) is 16.1 Å². The lowest BCUT2D eigenvalue weighted by Crippen LogP contribution is -2.37. The van der Waals surface area contributed by atoms with E-state index in [2.05, 4.69) is 213 Å². The third kappa shape index (κ3) is 6.36. The van der Waals surface area contributed by atoms with Gasteiger partial charge in [0.25, 0.3) is 0 Å². The summed E-state index contributed by atoms with van der Waals surface area (Å²) in [6, 6.07) is 71.3. The van der Waals surface area contributed by atoms with Crippen LogP contribution in [-0.4, -0.2) is 13.1 Å². The second kappa shape index (κ2) is 14.0. The molecule has 10 rings (SSSR count). The Bertz CT molecular complexity index is 3090. The Balaban J connectivity index is 1.16. The molecule has 0 amide bonds. The minimum Gasteiger partial charge on any atom is -0.295 e. The molecule has 3 heteroatoms. The Morgan fingerprint density at radius 1 is 0.368 bits per heavy atom. The molecule has 0 aliphatic heterocycles. The van der Waals surface area contributed by atoms with Crippen molar-refractivity contribution >= 4 is 73.5 Å². The number of nitrogens with zero attached hydrogens (tertiary/aromatic N) is 2. The number of fused-ring (bicyclic) bond motifs is 4. The molecule has 1 heterocycles. The fourth-order valence-electron chi connectivity index (χ4n) is 8.48. The van der Waals surface area contributed by atoms with Crippen LogP contribution in [0.4, 0.5) is 17.2 Å². The summed E-state index contributed by atoms with van der Waals surface area (Å²) in [5.74, 6) is 0.893. The second-order valence-electron chi connectivity index (χ2n) is 16.0. The van der Waals surface area contributed by atoms with Crippen molar-refractivity contribution in [3.8, 4) is 33.4 Å². The number of anilines is 3. The zero-order chi connectivity index (χ0) is 38.5. The molecule has 9 aromatic carbocycles. The molecule has 10 aromatic rings. The fourth-order valence-corrected chi connectivity index (χ4v) is 9.65. The normalized spacial score (nSPS) is 11.8. The molecule has 0 aliphatic carbocycles. The van der Waals surface area contributed by atoms with Crippen LogP contribution in [0.2, 0.25) is 19.6 Å². The predicted octanol–water partition coefficient (Wildman–Crippen LogP) is 14.7. The summed E-state index contributed by atoms with van der Waals surface area (Å²) in [7, 11) is -1.44. The number of benzene rings is 9. The largest absolute Gasteiger partial charge is 0.295 e. The van der Waals surface area contributed by atoms with Gasteiger partial charge in [-0.15, -0.1) is 0 Å². The fraction of sp³-hybridized carbons (Fsp3) is 0.0556. The van der Waals surface area contributed by atoms with Crippen LogP contribution in [0.3, 0.4) is 0 Å². The third-order valence-corrected chi connectivity index (χ3v) is 13.5. The van der Waals surface area contributed by atoms with Gasteiger partial charge < -0.3 is 0 Å². The van der Waals surface area contributed by atoms with Crippen molar-refractivity contribution in [3.05, 3.63) is 200 Å². The van der Waals surface area contributed by atoms with E-state index in [-0.39, 0.29) is 0 Å². The molecular formula is C54H42N2Si. The number of rotatable bonds is 7. The molecular weight excluding hydrogens is 705 g/mol. The van der Waals surface area contributed by atoms with Gasteiger partial charge in [0.2, 0.25) is 0 Å². The van der Waals surface area contributed by atoms with Crippen LogP contribution in [0.1, 0.15) is 0 Å². The first kappa shape index (κ1) is 34.7. The summed E-state index contributed by atoms with van der Waals surface area (Å²) in [5.41, 5.74) is 9.49. The maximum atomic E-state index is 4.78. The predicted molar refractivity (Wildman–Crippen MR) is 248 cm³/mol. The lowest BCUT2D eigenvalue weighted by atomic mass is 9.84. The minimum absolute atomic E-state index is 0.893. The Hall–Kier alpha value is -6.81. The van der Waals surface area contributed by atoms with Gasteiger partial charge >= 0.3 is 0 Å². The Labute approximate surface area is 335 Å². The van der Waals surface area contributed by atoms with Crippen molar-refractivity contribution in [2.24, 2.45) is 0 Å². The van der Waals surface area contributed by atoms with Crippen LogP contribution in [0.25, 0.3) is 76.5 Å². The molecule has 0 saturated heterocycles. The van der Waals surface area contributed by atoms with Crippen LogP contribution in [0.15, 0.2) is 200 Å². The molecule has 0 unspecified atom stereocenters. The van der Waals surface area contributed by atoms with Crippen molar-refractivity contribution in [3.63, 3.8) is 0 Å². The van der Waals surface area contributed by atoms with Gasteiger partial charge in [-0.05, 0) is 131 Å². The van der Waals surface area contributed by atoms with E-state index < -0.39 is 8.07 Å². The smallest absolute Gasteiger partial charge is 0.137 e. The average molecular weight is 747 g/mol. The summed E-state index contributed by atoms with van der Waals surface area (Å²) >= 11 is 0. The molecule has 0 aliphatic rings. The van der Waals surface area contributed by atoms with Crippen LogP contribution < -0.4 is 10.1 Å². The van der Waals surface area contributed by atoms with E-state index in [0.717, 1.165) is 17.2 Å². The van der Waals surface area contributed by atoms with Gasteiger partial charge in [0.15, 0.2) is 0 Å². The van der Waals surface area contributed by atoms with Gasteiger partial charge in [-0.1, -0.05) is 164 Å². The number of hydrogen-bond acceptors (Lipinski definition) is 2. The van der Waals surface area contributed by atoms with E-state index in [1.807, 2.05) is 12.3 Å². The van der Waals surface area contributed by atoms with Crippen molar-refractivity contribution in [1.82, 2.24) is 4.98 Å². The maximum absolute atomic E-state index is 4.78. The average Bonchev–Trinajstić information content (AvgIpc) is 3.25. The summed E-state index contributed by atoms with van der Waals surface area (Å²) in [4.78, 5) is 7.03. The first-order valence-electron chi connectivity index (χ1n) is 19.8. The van der Waals surface area contributed by atoms with Gasteiger partial charge in [0.1, 0.15) is 5.82 Å². The Morgan fingerprint density at radius 2 is 0.842 bits per heavy atom. The molecule has 0 fully saturated rings. The van der Waals surface area contributed by atoms with Gasteiger partial charge in [-0.3, -0.25) is 4.90 Å². The molecule has 2 nitrogen and oxygen atoms in total. The van der Waals surface area contributed by atoms with E-state index in [1.54, 1.807) is 0 Å². The molecule has 0 spiro atoms. The highest BCUT2D eigenvalue weighted by atomic mass is 28.3. The summed E-state index contributed by atoms with van der Waals surface area (Å²) in [6.45, 7) is 7.17. The second-order valence-corrected chi connectivity index (χ2v) is 21.1. The minimum atomic E-state index is -1.44. The van der Waals surface area contributed by atoms with Crippen molar-refractivity contribution < 1.29 is 0 Å². The zero-order valence-electron chi connectivity index (χ0n) is 32.4. The molecule has 0 bridgehead atoms. The SMILES string of the molecule is C[Si](C)(C)c1ccc(N(c2ccc(-c3ccc4c(-c5ccc6ccccc6c5)c5ccccc5c(-c5ccc6ccccc6c5)c4c3)cc2)c2ccccn2)cc1. The van der Waals surface area contributed by atoms with Crippen LogP contribution in [0, 0.1) is 0 Å². The van der Waals surface area contributed by atoms with Crippen molar-refractivity contribution in [2.45, 2.75) is 19.6 Å². The number of hydrogen-bond donors (Lipinski definition) is 0. The third-order valence-electron chi connectivity index (χ3n) is 11.4. The molecule has 1 aromatic heterocycles. The molecule has 0 N–H and O–H groups in total. The highest BCUT2D eigenvalue weighted by Gasteiger charge is 2.20. The van der Waals surface area contributed by atoms with Crippen molar-refractivity contribution in [1.29, 1.82) is 0 Å². The Morgan fingerprint density at radius 3 is 1.40 bits per heavy atom. The van der Waals surface area contributed by atoms with E-state index in [9.17, 15) is 0 Å². The van der Waals surface area contributed by atoms with Gasteiger partial charge in [-0.25, -0.2) is 4.98 Å². The van der Waals surface area contributed by atoms with E-state index in [4.69, 9.17) is 4.98 Å². The summed E-state index contributed by atoms with van der Waals surface area (Å²) < 4.78 is 0. The van der Waals surface area contributed by atoms with Gasteiger partial charge in [-0.2, -0.15) is 0 Å². The van der Waals surface area contributed by atoms with Gasteiger partial charge in [0, 0.05) is 17.6 Å². The standard InChI is InChI=1S/C54H42N2Si/c1-57(2,3)47-30-28-46(29-31-47)56(52-18-10-11-33-55-52)45-26-23-39(24-27-45)42-25-32-50-51(36-42)54(44-22-20-38-13-5-7-15-41(38)35-44)49-17-9-8-16-48(49)53(50)43-21-19-37-12-4-6-14-40(37)34-43/h4-36H,1-3H3. The number of aromatic nitrogens is 1. The van der Waals surface area contributed by atoms with Crippen LogP contribution >= 0.6 is 0 Å². The maximum Gasteiger partial charge on any atom is 0.137 e. The lowest BCUT2D eigenvalue weighted by Gasteiger charge is -2.25. The Kier molecular flexibility index (Phi) is 8.54. The van der Waals surface area contributed by atoms with Crippen molar-refractivity contribution in [2.75, 3.05) is 4.90 Å². The summed E-state index contributed by atoms with van der Waals surface area (Å²) in [5, 5.41) is 11.4. The molecule has 57 heavy (non-hydrogen) atoms. The quantitative estimate of drug-likeness (QED) is 0.119. The van der Waals surface area contributed by atoms with E-state index in [0.29, 0.717) is 0 Å². The van der Waals surface area contributed by atoms with Crippen LogP contribution in [-0.2, 0) is 0 Å². The van der Waals surface area contributed by atoms with Crippen LogP contribution in [0.5, 0.6) is 0 Å². The zero-order valence-corrected chi connectivity index (χ0v) is 33.4. The first-order chi connectivity index (χ1) is 27.9. The molecule has 272 valence electrons. The molecule has 0 saturated carbocycles. The van der Waals surface area contributed by atoms with E-state index >= 15 is 0 Å². The molecule has 0 radical (unpaired) electrons. The van der Waals surface area contributed by atoms with Gasteiger partial charge in [0.05, 0.1) is 8.07 Å². The van der Waals surface area contributed by atoms with E-state index in [1.165, 1.54) is 81.7 Å². The lowest BCUT2D eigenvalue weighted by molar-refractivity contribution is 1.18.